The van der Waals surface area contributed by atoms with Crippen LogP contribution in [0.3, 0.4) is 0 Å². The van der Waals surface area contributed by atoms with Crippen LogP contribution in [0.5, 0.6) is 0 Å². The normalized spacial score (nSPS) is 16.1. The van der Waals surface area contributed by atoms with Gasteiger partial charge in [0.15, 0.2) is 0 Å². The summed E-state index contributed by atoms with van der Waals surface area (Å²) < 4.78 is 5.44. The molecule has 8 nitrogen and oxygen atoms in total. The molecule has 8 heteroatoms. The minimum atomic E-state index is -1.20. The molecule has 35 heavy (non-hydrogen) atoms. The Morgan fingerprint density at radius 3 is 2.23 bits per heavy atom. The van der Waals surface area contributed by atoms with E-state index in [9.17, 15) is 19.5 Å². The molecule has 1 aliphatic carbocycles. The highest BCUT2D eigenvalue weighted by atomic mass is 16.5. The number of carboxylic acid groups (broad SMARTS) is 1. The van der Waals surface area contributed by atoms with Gasteiger partial charge >= 0.3 is 12.1 Å². The zero-order chi connectivity index (χ0) is 24.6. The summed E-state index contributed by atoms with van der Waals surface area (Å²) in [5.74, 6) is -1.52. The highest BCUT2D eigenvalue weighted by molar-refractivity contribution is 5.82. The number of likely N-dealkylation sites (tertiary alicyclic amines) is 1. The molecule has 2 aliphatic rings. The van der Waals surface area contributed by atoms with Gasteiger partial charge in [-0.25, -0.2) is 9.59 Å². The molecule has 0 radical (unpaired) electrons. The van der Waals surface area contributed by atoms with E-state index < -0.39 is 18.1 Å². The first-order valence-corrected chi connectivity index (χ1v) is 12.4. The van der Waals surface area contributed by atoms with Crippen LogP contribution in [-0.4, -0.2) is 66.8 Å². The number of nitrogens with zero attached hydrogens (tertiary/aromatic N) is 1. The molecule has 0 aromatic heterocycles. The Hall–Kier alpha value is -3.39. The maximum absolute atomic E-state index is 12.4. The second-order valence-electron chi connectivity index (χ2n) is 9.15. The number of piperidine rings is 1. The molecule has 1 heterocycles. The summed E-state index contributed by atoms with van der Waals surface area (Å²) in [6.07, 6.45) is 2.85. The number of aliphatic carboxylic acids is 1. The molecule has 2 amide bonds. The molecule has 1 aliphatic heterocycles. The van der Waals surface area contributed by atoms with Crippen molar-refractivity contribution < 1.29 is 24.2 Å². The molecule has 0 saturated carbocycles. The van der Waals surface area contributed by atoms with Gasteiger partial charge in [0.25, 0.3) is 0 Å². The fourth-order valence-corrected chi connectivity index (χ4v) is 4.94. The summed E-state index contributed by atoms with van der Waals surface area (Å²) in [6.45, 7) is 3.55. The molecule has 186 valence electrons. The predicted molar refractivity (Wildman–Crippen MR) is 132 cm³/mol. The maximum Gasteiger partial charge on any atom is 0.407 e. The molecule has 2 aromatic carbocycles. The molecule has 1 fully saturated rings. The van der Waals surface area contributed by atoms with Crippen LogP contribution < -0.4 is 10.6 Å². The summed E-state index contributed by atoms with van der Waals surface area (Å²) in [5, 5.41) is 14.8. The average molecular weight is 480 g/mol. The number of hydrogen-bond donors (Lipinski definition) is 3. The van der Waals surface area contributed by atoms with E-state index in [1.165, 1.54) is 19.3 Å². The van der Waals surface area contributed by atoms with Crippen molar-refractivity contribution >= 4 is 18.0 Å². The van der Waals surface area contributed by atoms with Crippen molar-refractivity contribution in [1.82, 2.24) is 15.5 Å². The lowest BCUT2D eigenvalue weighted by Crippen LogP contribution is -2.42. The zero-order valence-corrected chi connectivity index (χ0v) is 19.9. The maximum atomic E-state index is 12.4. The Kier molecular flexibility index (Phi) is 8.36. The smallest absolute Gasteiger partial charge is 0.407 e. The number of carboxylic acids is 1. The van der Waals surface area contributed by atoms with E-state index in [-0.39, 0.29) is 31.3 Å². The van der Waals surface area contributed by atoms with Gasteiger partial charge in [0.05, 0.1) is 0 Å². The van der Waals surface area contributed by atoms with Crippen molar-refractivity contribution in [2.45, 2.75) is 44.1 Å². The molecule has 1 atom stereocenters. The first kappa shape index (κ1) is 24.7. The summed E-state index contributed by atoms with van der Waals surface area (Å²) >= 11 is 0. The van der Waals surface area contributed by atoms with Crippen LogP contribution in [0.2, 0.25) is 0 Å². The fraction of sp³-hybridized carbons (Fsp3) is 0.444. The SMILES string of the molecule is O=C(CC[C@H](NC(=O)OCC1c2ccccc2-c2ccccc21)C(=O)O)NCCN1CCCCC1. The number of nitrogens with one attached hydrogen (secondary N) is 2. The largest absolute Gasteiger partial charge is 0.480 e. The third-order valence-corrected chi connectivity index (χ3v) is 6.79. The van der Waals surface area contributed by atoms with Crippen molar-refractivity contribution in [3.63, 3.8) is 0 Å². The Bertz CT molecular complexity index is 1010. The third kappa shape index (κ3) is 6.39. The standard InChI is InChI=1S/C27H33N3O5/c31-25(28-14-17-30-15-6-1-7-16-30)13-12-24(26(32)33)29-27(34)35-18-23-21-10-4-2-8-19(21)20-9-3-5-11-22(20)23/h2-5,8-11,23-24H,1,6-7,12-18H2,(H,28,31)(H,29,34)(H,32,33)/t24-/m0/s1. The van der Waals surface area contributed by atoms with E-state index in [4.69, 9.17) is 4.74 Å². The van der Waals surface area contributed by atoms with Crippen molar-refractivity contribution in [3.8, 4) is 11.1 Å². The summed E-state index contributed by atoms with van der Waals surface area (Å²) in [4.78, 5) is 38.6. The van der Waals surface area contributed by atoms with E-state index in [1.54, 1.807) is 0 Å². The fourth-order valence-electron chi connectivity index (χ4n) is 4.94. The number of amides is 2. The summed E-state index contributed by atoms with van der Waals surface area (Å²) in [7, 11) is 0. The van der Waals surface area contributed by atoms with Crippen LogP contribution in [0.4, 0.5) is 4.79 Å². The van der Waals surface area contributed by atoms with Crippen LogP contribution >= 0.6 is 0 Å². The van der Waals surface area contributed by atoms with Crippen LogP contribution in [-0.2, 0) is 14.3 Å². The average Bonchev–Trinajstić information content (AvgIpc) is 3.19. The van der Waals surface area contributed by atoms with E-state index >= 15 is 0 Å². The van der Waals surface area contributed by atoms with Crippen molar-refractivity contribution in [1.29, 1.82) is 0 Å². The molecule has 0 spiro atoms. The first-order valence-electron chi connectivity index (χ1n) is 12.4. The molecule has 4 rings (SSSR count). The van der Waals surface area contributed by atoms with E-state index in [0.717, 1.165) is 41.9 Å². The third-order valence-electron chi connectivity index (χ3n) is 6.79. The summed E-state index contributed by atoms with van der Waals surface area (Å²) in [6, 6.07) is 14.8. The lowest BCUT2D eigenvalue weighted by molar-refractivity contribution is -0.139. The van der Waals surface area contributed by atoms with Crippen LogP contribution in [0.15, 0.2) is 48.5 Å². The van der Waals surface area contributed by atoms with E-state index in [0.29, 0.717) is 6.54 Å². The summed E-state index contributed by atoms with van der Waals surface area (Å²) in [5.41, 5.74) is 4.40. The van der Waals surface area contributed by atoms with E-state index in [2.05, 4.69) is 15.5 Å². The van der Waals surface area contributed by atoms with Gasteiger partial charge < -0.3 is 25.4 Å². The quantitative estimate of drug-likeness (QED) is 0.482. The molecule has 3 N–H and O–H groups in total. The predicted octanol–water partition coefficient (Wildman–Crippen LogP) is 3.36. The first-order chi connectivity index (χ1) is 17.0. The van der Waals surface area contributed by atoms with Crippen molar-refractivity contribution in [2.24, 2.45) is 0 Å². The minimum Gasteiger partial charge on any atom is -0.480 e. The number of benzene rings is 2. The van der Waals surface area contributed by atoms with Gasteiger partial charge in [-0.05, 0) is 54.6 Å². The Morgan fingerprint density at radius 1 is 0.971 bits per heavy atom. The van der Waals surface area contributed by atoms with Gasteiger partial charge in [-0.1, -0.05) is 55.0 Å². The monoisotopic (exact) mass is 479 g/mol. The number of alkyl carbamates (subject to hydrolysis) is 1. The lowest BCUT2D eigenvalue weighted by Gasteiger charge is -2.26. The van der Waals surface area contributed by atoms with Gasteiger partial charge in [-0.15, -0.1) is 0 Å². The Balaban J connectivity index is 1.23. The topological polar surface area (TPSA) is 108 Å². The second-order valence-corrected chi connectivity index (χ2v) is 9.15. The number of carbonyl (C=O) groups excluding carboxylic acids is 2. The van der Waals surface area contributed by atoms with Gasteiger partial charge in [0, 0.05) is 25.4 Å². The molecule has 1 saturated heterocycles. The second kappa shape index (κ2) is 11.8. The lowest BCUT2D eigenvalue weighted by atomic mass is 9.98. The van der Waals surface area contributed by atoms with Gasteiger partial charge in [0.1, 0.15) is 12.6 Å². The number of ether oxygens (including phenoxy) is 1. The molecular formula is C27H33N3O5. The molecular weight excluding hydrogens is 446 g/mol. The van der Waals surface area contributed by atoms with Crippen molar-refractivity contribution in [3.05, 3.63) is 59.7 Å². The number of rotatable bonds is 10. The van der Waals surface area contributed by atoms with Crippen LogP contribution in [0, 0.1) is 0 Å². The number of carbonyl (C=O) groups is 3. The Morgan fingerprint density at radius 2 is 1.60 bits per heavy atom. The molecule has 0 bridgehead atoms. The minimum absolute atomic E-state index is 0.00488. The number of hydrogen-bond acceptors (Lipinski definition) is 5. The van der Waals surface area contributed by atoms with Crippen molar-refractivity contribution in [2.75, 3.05) is 32.8 Å². The highest BCUT2D eigenvalue weighted by Crippen LogP contribution is 2.44. The molecule has 0 unspecified atom stereocenters. The number of fused-ring (bicyclic) bond motifs is 3. The van der Waals surface area contributed by atoms with Gasteiger partial charge in [0.2, 0.25) is 5.91 Å². The highest BCUT2D eigenvalue weighted by Gasteiger charge is 2.29. The Labute approximate surface area is 205 Å². The van der Waals surface area contributed by atoms with Crippen LogP contribution in [0.1, 0.15) is 49.1 Å². The van der Waals surface area contributed by atoms with Gasteiger partial charge in [-0.3, -0.25) is 4.79 Å². The van der Waals surface area contributed by atoms with E-state index in [1.807, 2.05) is 48.5 Å². The van der Waals surface area contributed by atoms with Gasteiger partial charge in [-0.2, -0.15) is 0 Å². The zero-order valence-electron chi connectivity index (χ0n) is 19.9. The van der Waals surface area contributed by atoms with Crippen LogP contribution in [0.25, 0.3) is 11.1 Å². The molecule has 2 aromatic rings.